The predicted octanol–water partition coefficient (Wildman–Crippen LogP) is 15.8. The number of nitrogens with zero attached hydrogens (tertiary/aromatic N) is 4. The average molecular weight is 1030 g/mol. The lowest BCUT2D eigenvalue weighted by Gasteiger charge is -2.35. The van der Waals surface area contributed by atoms with E-state index in [2.05, 4.69) is 253 Å². The van der Waals surface area contributed by atoms with E-state index in [9.17, 15) is 0 Å². The average Bonchev–Trinajstić information content (AvgIpc) is 4.30. The normalized spacial score (nSPS) is 13.9. The molecule has 396 valence electrons. The maximum absolute atomic E-state index is 6.07. The second kappa shape index (κ2) is 25.3. The third-order valence-corrected chi connectivity index (χ3v) is 15.3. The number of piperidine rings is 1. The maximum Gasteiger partial charge on any atom is 0.120 e. The van der Waals surface area contributed by atoms with Crippen LogP contribution in [-0.4, -0.2) is 77.6 Å². The van der Waals surface area contributed by atoms with Crippen LogP contribution in [0.2, 0.25) is 0 Å². The van der Waals surface area contributed by atoms with Gasteiger partial charge in [-0.3, -0.25) is 14.7 Å². The first kappa shape index (κ1) is 53.3. The van der Waals surface area contributed by atoms with Crippen molar-refractivity contribution >= 4 is 32.7 Å². The highest BCUT2D eigenvalue weighted by molar-refractivity contribution is 5.87. The Labute approximate surface area is 461 Å². The highest BCUT2D eigenvalue weighted by atomic mass is 16.5. The lowest BCUT2D eigenvalue weighted by molar-refractivity contribution is 0.188. The molecule has 3 aromatic heterocycles. The van der Waals surface area contributed by atoms with E-state index in [-0.39, 0.29) is 12.1 Å². The standard InChI is InChI=1S/2C25H26N2O.C20H22N2/c1-18-9-7-8-12-21(18)25(27(2)3)23-16-26-24-14-13-20(15-22(23)24)28-17-19-10-5-4-6-11-19;1-26(2)25(20-9-5-4-6-10-20)23-18-27(24-12-8-7-11-22(23)24)17-19-13-15-21(28-3)16-14-19;1-3-9-16(10-4-1)20(22-13-7-2-8-14-22)18-15-21-19-12-6-5-11-17(18)19/h4-16,25-26H,17H2,1-3H3;4-16,18,25H,17H2,1-3H3;1,3-6,9-12,15,20-21H,2,7-8,13-14H2. The Morgan fingerprint density at radius 3 is 1.74 bits per heavy atom. The number of hydrogen-bond donors (Lipinski definition) is 2. The second-order valence-electron chi connectivity index (χ2n) is 21.0. The zero-order valence-electron chi connectivity index (χ0n) is 46.1. The number of likely N-dealkylation sites (tertiary alicyclic amines) is 1. The highest BCUT2D eigenvalue weighted by Gasteiger charge is 2.27. The molecule has 11 aromatic rings. The number of ether oxygens (including phenoxy) is 2. The highest BCUT2D eigenvalue weighted by Crippen LogP contribution is 2.38. The van der Waals surface area contributed by atoms with E-state index in [1.165, 1.54) is 110 Å². The minimum atomic E-state index is 0.180. The molecule has 0 saturated carbocycles. The summed E-state index contributed by atoms with van der Waals surface area (Å²) in [5.74, 6) is 1.78. The van der Waals surface area contributed by atoms with E-state index in [4.69, 9.17) is 9.47 Å². The number of benzene rings is 8. The van der Waals surface area contributed by atoms with Crippen LogP contribution in [0.1, 0.15) is 87.5 Å². The maximum atomic E-state index is 6.07. The SMILES string of the molecule is COc1ccc(Cn2cc(C(c3ccccc3)N(C)C)c3ccccc32)cc1.Cc1ccccc1C(c1c[nH]c2ccc(OCc3ccccc3)cc12)N(C)C.c1ccc(C(c2c[nH]c3ccccc23)N2CCCCC2)cc1. The number of aryl methyl sites for hydroxylation is 1. The van der Waals surface area contributed by atoms with Gasteiger partial charge in [0.2, 0.25) is 0 Å². The van der Waals surface area contributed by atoms with Crippen molar-refractivity contribution in [3.05, 3.63) is 275 Å². The quantitative estimate of drug-likeness (QED) is 0.107. The van der Waals surface area contributed by atoms with Gasteiger partial charge < -0.3 is 24.0 Å². The number of aromatic amines is 2. The molecule has 0 bridgehead atoms. The van der Waals surface area contributed by atoms with Crippen molar-refractivity contribution in [2.24, 2.45) is 0 Å². The monoisotopic (exact) mass is 1030 g/mol. The Kier molecular flexibility index (Phi) is 17.3. The summed E-state index contributed by atoms with van der Waals surface area (Å²) in [6.07, 6.45) is 10.6. The molecular formula is C70H74N6O2. The molecule has 3 atom stereocenters. The van der Waals surface area contributed by atoms with Crippen LogP contribution in [0.5, 0.6) is 11.5 Å². The van der Waals surface area contributed by atoms with Gasteiger partial charge in [0.15, 0.2) is 0 Å². The number of nitrogens with one attached hydrogen (secondary N) is 2. The first-order valence-electron chi connectivity index (χ1n) is 27.5. The zero-order chi connectivity index (χ0) is 53.8. The van der Waals surface area contributed by atoms with Gasteiger partial charge >= 0.3 is 0 Å². The summed E-state index contributed by atoms with van der Waals surface area (Å²) in [6.45, 7) is 5.97. The van der Waals surface area contributed by atoms with Crippen LogP contribution in [0, 0.1) is 6.92 Å². The number of hydrogen-bond acceptors (Lipinski definition) is 5. The van der Waals surface area contributed by atoms with E-state index in [1.54, 1.807) is 7.11 Å². The van der Waals surface area contributed by atoms with Gasteiger partial charge in [0.1, 0.15) is 18.1 Å². The molecule has 0 amide bonds. The lowest BCUT2D eigenvalue weighted by Crippen LogP contribution is -2.34. The van der Waals surface area contributed by atoms with Crippen LogP contribution < -0.4 is 9.47 Å². The van der Waals surface area contributed by atoms with Gasteiger partial charge in [0.05, 0.1) is 25.2 Å². The molecule has 0 aliphatic carbocycles. The second-order valence-corrected chi connectivity index (χ2v) is 21.0. The largest absolute Gasteiger partial charge is 0.497 e. The molecule has 0 radical (unpaired) electrons. The fraction of sp³-hybridized carbons (Fsp3) is 0.229. The summed E-state index contributed by atoms with van der Waals surface area (Å²) in [6, 6.07) is 73.2. The van der Waals surface area contributed by atoms with Gasteiger partial charge in [-0.05, 0) is 154 Å². The molecule has 3 unspecified atom stereocenters. The molecule has 1 fully saturated rings. The molecule has 8 nitrogen and oxygen atoms in total. The molecule has 8 heteroatoms. The first-order valence-corrected chi connectivity index (χ1v) is 27.5. The Bertz CT molecular complexity index is 3610. The zero-order valence-corrected chi connectivity index (χ0v) is 46.1. The topological polar surface area (TPSA) is 64.7 Å². The number of rotatable bonds is 15. The Morgan fingerprint density at radius 2 is 1.06 bits per heavy atom. The minimum Gasteiger partial charge on any atom is -0.497 e. The summed E-state index contributed by atoms with van der Waals surface area (Å²) >= 11 is 0. The summed E-state index contributed by atoms with van der Waals surface area (Å²) in [5.41, 5.74) is 15.4. The Hall–Kier alpha value is -8.14. The summed E-state index contributed by atoms with van der Waals surface area (Å²) < 4.78 is 13.7. The first-order chi connectivity index (χ1) is 38.2. The van der Waals surface area contributed by atoms with E-state index >= 15 is 0 Å². The van der Waals surface area contributed by atoms with E-state index in [0.717, 1.165) is 23.6 Å². The molecule has 1 aliphatic rings. The fourth-order valence-corrected chi connectivity index (χ4v) is 11.5. The smallest absolute Gasteiger partial charge is 0.120 e. The van der Waals surface area contributed by atoms with Gasteiger partial charge in [-0.15, -0.1) is 0 Å². The summed E-state index contributed by atoms with van der Waals surface area (Å²) in [5, 5.41) is 3.85. The molecule has 8 aromatic carbocycles. The van der Waals surface area contributed by atoms with Crippen molar-refractivity contribution < 1.29 is 9.47 Å². The fourth-order valence-electron chi connectivity index (χ4n) is 11.5. The number of fused-ring (bicyclic) bond motifs is 3. The number of para-hydroxylation sites is 2. The van der Waals surface area contributed by atoms with Gasteiger partial charge in [-0.2, -0.15) is 0 Å². The minimum absolute atomic E-state index is 0.180. The van der Waals surface area contributed by atoms with Gasteiger partial charge in [0.25, 0.3) is 0 Å². The number of H-pyrrole nitrogens is 2. The van der Waals surface area contributed by atoms with E-state index < -0.39 is 0 Å². The summed E-state index contributed by atoms with van der Waals surface area (Å²) in [4.78, 5) is 14.1. The molecule has 12 rings (SSSR count). The van der Waals surface area contributed by atoms with Crippen LogP contribution in [0.3, 0.4) is 0 Å². The number of aromatic nitrogens is 3. The van der Waals surface area contributed by atoms with Gasteiger partial charge in [0, 0.05) is 57.8 Å². The van der Waals surface area contributed by atoms with Gasteiger partial charge in [-0.25, -0.2) is 0 Å². The predicted molar refractivity (Wildman–Crippen MR) is 324 cm³/mol. The van der Waals surface area contributed by atoms with Crippen LogP contribution in [0.15, 0.2) is 225 Å². The van der Waals surface area contributed by atoms with Crippen molar-refractivity contribution in [2.75, 3.05) is 48.4 Å². The summed E-state index contributed by atoms with van der Waals surface area (Å²) in [7, 11) is 10.3. The van der Waals surface area contributed by atoms with Crippen molar-refractivity contribution in [3.63, 3.8) is 0 Å². The van der Waals surface area contributed by atoms with E-state index in [1.807, 2.05) is 36.4 Å². The third-order valence-electron chi connectivity index (χ3n) is 15.3. The van der Waals surface area contributed by atoms with Gasteiger partial charge in [-0.1, -0.05) is 170 Å². The van der Waals surface area contributed by atoms with Crippen molar-refractivity contribution in [2.45, 2.75) is 57.5 Å². The molecule has 4 heterocycles. The molecule has 1 aliphatic heterocycles. The molecular weight excluding hydrogens is 957 g/mol. The van der Waals surface area contributed by atoms with Crippen molar-refractivity contribution in [1.82, 2.24) is 29.2 Å². The molecule has 1 saturated heterocycles. The molecule has 2 N–H and O–H groups in total. The van der Waals surface area contributed by atoms with Crippen molar-refractivity contribution in [3.8, 4) is 11.5 Å². The third kappa shape index (κ3) is 12.3. The van der Waals surface area contributed by atoms with Crippen LogP contribution in [-0.2, 0) is 13.2 Å². The van der Waals surface area contributed by atoms with Crippen LogP contribution in [0.4, 0.5) is 0 Å². The number of methoxy groups -OCH3 is 1. The van der Waals surface area contributed by atoms with Crippen LogP contribution >= 0.6 is 0 Å². The molecule has 78 heavy (non-hydrogen) atoms. The van der Waals surface area contributed by atoms with E-state index in [0.29, 0.717) is 12.6 Å². The van der Waals surface area contributed by atoms with Crippen LogP contribution in [0.25, 0.3) is 32.7 Å². The lowest BCUT2D eigenvalue weighted by atomic mass is 9.94. The van der Waals surface area contributed by atoms with Crippen molar-refractivity contribution in [1.29, 1.82) is 0 Å². The molecule has 0 spiro atoms. The Morgan fingerprint density at radius 1 is 0.487 bits per heavy atom. The Balaban J connectivity index is 0.000000133.